The van der Waals surface area contributed by atoms with Crippen LogP contribution < -0.4 is 4.72 Å². The average molecular weight is 655 g/mol. The van der Waals surface area contributed by atoms with E-state index < -0.39 is 81.1 Å². The highest BCUT2D eigenvalue weighted by atomic mass is 32.2. The molecule has 0 bridgehead atoms. The minimum Gasteiger partial charge on any atom is -0.463 e. The van der Waals surface area contributed by atoms with Gasteiger partial charge in [-0.25, -0.2) is 21.1 Å². The van der Waals surface area contributed by atoms with Crippen LogP contribution in [0.4, 0.5) is 0 Å². The summed E-state index contributed by atoms with van der Waals surface area (Å²) in [6.07, 6.45) is -6.91. The molecule has 14 nitrogen and oxygen atoms in total. The number of esters is 3. The Balaban J connectivity index is 2.28. The molecule has 16 heteroatoms. The van der Waals surface area contributed by atoms with Crippen LogP contribution in [0.2, 0.25) is 0 Å². The molecule has 1 N–H and O–H groups in total. The molecule has 0 radical (unpaired) electrons. The summed E-state index contributed by atoms with van der Waals surface area (Å²) < 4.78 is 79.5. The Hall–Kier alpha value is -3.86. The number of hydrogen-bond acceptors (Lipinski definition) is 12. The molecule has 0 aromatic heterocycles. The number of carbonyl (C=O) groups is 4. The Kier molecular flexibility index (Phi) is 10.9. The first kappa shape index (κ1) is 34.6. The predicted molar refractivity (Wildman–Crippen MR) is 153 cm³/mol. The summed E-state index contributed by atoms with van der Waals surface area (Å²) in [4.78, 5) is 48.8. The lowest BCUT2D eigenvalue weighted by Crippen LogP contribution is -2.70. The van der Waals surface area contributed by atoms with Crippen LogP contribution in [0.15, 0.2) is 58.3 Å². The molecule has 240 valence electrons. The van der Waals surface area contributed by atoms with Crippen molar-refractivity contribution in [3.8, 4) is 0 Å². The fraction of sp³-hybridized carbons (Fsp3) is 0.429. The Bertz CT molecular complexity index is 1610. The fourth-order valence-corrected chi connectivity index (χ4v) is 7.30. The first-order chi connectivity index (χ1) is 20.4. The number of sulfonamides is 2. The van der Waals surface area contributed by atoms with Crippen molar-refractivity contribution >= 4 is 43.9 Å². The number of benzene rings is 2. The van der Waals surface area contributed by atoms with Gasteiger partial charge in [0.05, 0.1) is 9.79 Å². The van der Waals surface area contributed by atoms with Crippen LogP contribution in [0, 0.1) is 13.8 Å². The molecule has 1 saturated heterocycles. The van der Waals surface area contributed by atoms with Crippen LogP contribution in [-0.4, -0.2) is 82.1 Å². The largest absolute Gasteiger partial charge is 0.463 e. The van der Waals surface area contributed by atoms with E-state index in [1.165, 1.54) is 48.5 Å². The standard InChI is InChI=1S/C28H34N2O12S2/c1-16-7-11-22(12-8-16)43(35,36)29-28-25(30(18(3)31)44(37,38)23-13-9-17(2)10-14-23)27(41-21(6)34)26(40-20(5)33)24(42-28)15-39-19(4)32/h7-14,24-29H,15H2,1-6H3/t24-,25-,26-,27-,28-/m1/s1. The molecule has 0 unspecified atom stereocenters. The molecule has 2 aromatic carbocycles. The van der Waals surface area contributed by atoms with Crippen molar-refractivity contribution in [2.45, 2.75) is 81.9 Å². The van der Waals surface area contributed by atoms with Crippen molar-refractivity contribution in [3.63, 3.8) is 0 Å². The maximum Gasteiger partial charge on any atom is 0.303 e. The third-order valence-electron chi connectivity index (χ3n) is 6.47. The minimum atomic E-state index is -4.79. The fourth-order valence-electron chi connectivity index (χ4n) is 4.58. The van der Waals surface area contributed by atoms with E-state index in [2.05, 4.69) is 4.72 Å². The zero-order valence-corrected chi connectivity index (χ0v) is 26.5. The molecule has 0 spiro atoms. The predicted octanol–water partition coefficient (Wildman–Crippen LogP) is 1.34. The highest BCUT2D eigenvalue weighted by Gasteiger charge is 2.56. The van der Waals surface area contributed by atoms with Crippen molar-refractivity contribution in [2.75, 3.05) is 6.61 Å². The Morgan fingerprint density at radius 1 is 0.750 bits per heavy atom. The maximum absolute atomic E-state index is 14.0. The molecule has 3 rings (SSSR count). The third-order valence-corrected chi connectivity index (χ3v) is 9.80. The molecule has 0 saturated carbocycles. The average Bonchev–Trinajstić information content (AvgIpc) is 2.90. The van der Waals surface area contributed by atoms with Crippen molar-refractivity contribution in [3.05, 3.63) is 59.7 Å². The second kappa shape index (κ2) is 13.8. The lowest BCUT2D eigenvalue weighted by Gasteiger charge is -2.48. The zero-order valence-electron chi connectivity index (χ0n) is 24.9. The SMILES string of the molecule is CC(=O)OC[C@H]1O[C@@H](NS(=O)(=O)c2ccc(C)cc2)[C@H](N(C(C)=O)S(=O)(=O)c2ccc(C)cc2)[C@@H](OC(C)=O)[C@@H]1OC(C)=O. The lowest BCUT2D eigenvalue weighted by molar-refractivity contribution is -0.231. The van der Waals surface area contributed by atoms with Crippen molar-refractivity contribution in [1.82, 2.24) is 9.03 Å². The van der Waals surface area contributed by atoms with E-state index in [1.807, 2.05) is 0 Å². The summed E-state index contributed by atoms with van der Waals surface area (Å²) in [7, 11) is -9.28. The van der Waals surface area contributed by atoms with Gasteiger partial charge in [0.2, 0.25) is 15.9 Å². The number of hydrogen-bond donors (Lipinski definition) is 1. The minimum absolute atomic E-state index is 0.233. The van der Waals surface area contributed by atoms with Crippen molar-refractivity contribution < 1.29 is 55.0 Å². The van der Waals surface area contributed by atoms with E-state index in [9.17, 15) is 36.0 Å². The summed E-state index contributed by atoms with van der Waals surface area (Å²) in [6.45, 7) is 6.83. The lowest BCUT2D eigenvalue weighted by atomic mass is 9.95. The van der Waals surface area contributed by atoms with E-state index in [0.717, 1.165) is 33.3 Å². The van der Waals surface area contributed by atoms with Gasteiger partial charge in [-0.05, 0) is 38.1 Å². The molecule has 1 aliphatic rings. The smallest absolute Gasteiger partial charge is 0.303 e. The van der Waals surface area contributed by atoms with Crippen LogP contribution in [0.1, 0.15) is 38.8 Å². The summed E-state index contributed by atoms with van der Waals surface area (Å²) in [6, 6.07) is 9.14. The van der Waals surface area contributed by atoms with Gasteiger partial charge in [0.25, 0.3) is 10.0 Å². The zero-order chi connectivity index (χ0) is 33.0. The van der Waals surface area contributed by atoms with Gasteiger partial charge in [-0.15, -0.1) is 0 Å². The molecule has 0 aliphatic carbocycles. The van der Waals surface area contributed by atoms with Crippen LogP contribution in [0.5, 0.6) is 0 Å². The molecular formula is C28H34N2O12S2. The van der Waals surface area contributed by atoms with Crippen molar-refractivity contribution in [1.29, 1.82) is 0 Å². The number of ether oxygens (including phenoxy) is 4. The first-order valence-corrected chi connectivity index (χ1v) is 16.2. The van der Waals surface area contributed by atoms with Gasteiger partial charge in [-0.2, -0.15) is 4.72 Å². The van der Waals surface area contributed by atoms with Gasteiger partial charge < -0.3 is 18.9 Å². The van der Waals surface area contributed by atoms with E-state index in [4.69, 9.17) is 18.9 Å². The third kappa shape index (κ3) is 8.19. The summed E-state index contributed by atoms with van der Waals surface area (Å²) >= 11 is 0. The molecule has 5 atom stereocenters. The number of rotatable bonds is 10. The highest BCUT2D eigenvalue weighted by molar-refractivity contribution is 7.90. The van der Waals surface area contributed by atoms with E-state index in [1.54, 1.807) is 13.8 Å². The van der Waals surface area contributed by atoms with Gasteiger partial charge in [-0.3, -0.25) is 19.2 Å². The topological polar surface area (TPSA) is 189 Å². The normalized spacial score (nSPS) is 22.0. The quantitative estimate of drug-likeness (QED) is 0.286. The highest BCUT2D eigenvalue weighted by Crippen LogP contribution is 2.33. The van der Waals surface area contributed by atoms with Crippen LogP contribution in [0.3, 0.4) is 0 Å². The number of amides is 1. The first-order valence-electron chi connectivity index (χ1n) is 13.3. The monoisotopic (exact) mass is 654 g/mol. The maximum atomic E-state index is 14.0. The van der Waals surface area contributed by atoms with E-state index >= 15 is 0 Å². The summed E-state index contributed by atoms with van der Waals surface area (Å²) in [5.74, 6) is -3.78. The number of nitrogens with zero attached hydrogens (tertiary/aromatic N) is 1. The van der Waals surface area contributed by atoms with E-state index in [-0.39, 0.29) is 9.79 Å². The van der Waals surface area contributed by atoms with Gasteiger partial charge in [0.1, 0.15) is 25.0 Å². The Morgan fingerprint density at radius 3 is 1.68 bits per heavy atom. The molecule has 1 fully saturated rings. The molecule has 1 aliphatic heterocycles. The van der Waals surface area contributed by atoms with Crippen molar-refractivity contribution in [2.24, 2.45) is 0 Å². The number of nitrogens with one attached hydrogen (secondary N) is 1. The molecule has 44 heavy (non-hydrogen) atoms. The molecule has 2 aromatic rings. The molecular weight excluding hydrogens is 620 g/mol. The Labute approximate surface area is 255 Å². The molecule has 1 heterocycles. The molecule has 1 amide bonds. The summed E-state index contributed by atoms with van der Waals surface area (Å²) in [5, 5.41) is 0. The van der Waals surface area contributed by atoms with Gasteiger partial charge in [0.15, 0.2) is 12.2 Å². The second-order valence-electron chi connectivity index (χ2n) is 10.1. The van der Waals surface area contributed by atoms with Gasteiger partial charge in [-0.1, -0.05) is 35.4 Å². The van der Waals surface area contributed by atoms with E-state index in [0.29, 0.717) is 9.87 Å². The second-order valence-corrected chi connectivity index (χ2v) is 13.6. The van der Waals surface area contributed by atoms with Crippen LogP contribution >= 0.6 is 0 Å². The number of carbonyl (C=O) groups excluding carboxylic acids is 4. The Morgan fingerprint density at radius 2 is 1.23 bits per heavy atom. The van der Waals surface area contributed by atoms with Crippen LogP contribution in [-0.2, 0) is 58.2 Å². The number of aryl methyl sites for hydroxylation is 2. The van der Waals surface area contributed by atoms with Gasteiger partial charge in [0, 0.05) is 27.7 Å². The summed E-state index contributed by atoms with van der Waals surface area (Å²) in [5.41, 5.74) is 1.47. The van der Waals surface area contributed by atoms with Crippen LogP contribution in [0.25, 0.3) is 0 Å². The van der Waals surface area contributed by atoms with Gasteiger partial charge >= 0.3 is 17.9 Å².